The number of anilines is 2. The minimum absolute atomic E-state index is 0.0206. The van der Waals surface area contributed by atoms with Gasteiger partial charge in [0.2, 0.25) is 10.0 Å². The molecule has 0 radical (unpaired) electrons. The number of sulfonamides is 1. The summed E-state index contributed by atoms with van der Waals surface area (Å²) < 4.78 is 23.0. The van der Waals surface area contributed by atoms with E-state index in [9.17, 15) is 13.2 Å². The van der Waals surface area contributed by atoms with E-state index in [2.05, 4.69) is 4.85 Å². The van der Waals surface area contributed by atoms with E-state index in [0.29, 0.717) is 17.1 Å². The highest BCUT2D eigenvalue weighted by Gasteiger charge is 2.50. The molecule has 0 spiro atoms. The second kappa shape index (κ2) is 6.67. The summed E-state index contributed by atoms with van der Waals surface area (Å²) in [6, 6.07) is 11.0. The van der Waals surface area contributed by atoms with Crippen molar-refractivity contribution in [3.63, 3.8) is 0 Å². The van der Waals surface area contributed by atoms with Gasteiger partial charge in [0.1, 0.15) is 5.54 Å². The largest absolute Gasteiger partial charge is 0.304 e. The fraction of sp³-hybridized carbons (Fsp3) is 0.211. The minimum Gasteiger partial charge on any atom is -0.304 e. The number of aryl methyl sites for hydroxylation is 1. The van der Waals surface area contributed by atoms with Crippen molar-refractivity contribution in [1.29, 1.82) is 0 Å². The second-order valence-corrected chi connectivity index (χ2v) is 8.87. The van der Waals surface area contributed by atoms with Gasteiger partial charge >= 0.3 is 0 Å². The number of nitrogens with two attached hydrogens (primary N) is 1. The molecule has 2 aromatic rings. The van der Waals surface area contributed by atoms with Gasteiger partial charge < -0.3 is 4.90 Å². The Labute approximate surface area is 169 Å². The maximum atomic E-state index is 13.1. The van der Waals surface area contributed by atoms with Crippen LogP contribution < -0.4 is 14.9 Å². The average molecular weight is 415 g/mol. The van der Waals surface area contributed by atoms with Crippen molar-refractivity contribution in [2.45, 2.75) is 31.2 Å². The molecule has 0 atom stereocenters. The maximum absolute atomic E-state index is 13.1. The van der Waals surface area contributed by atoms with Crippen LogP contribution in [0.25, 0.3) is 4.85 Å². The standard InChI is InChI=1S/C19H18N4O3S2/c1-12-11-14(7-10-16(12)21-4)22-17(24)19(2,3)23(18(22)27)13-5-8-15(9-6-13)28(20,25)26/h5-11H,1-3H3,(H2,20,25,26). The van der Waals surface area contributed by atoms with Gasteiger partial charge in [-0.25, -0.2) is 18.4 Å². The molecule has 0 bridgehead atoms. The third kappa shape index (κ3) is 3.16. The van der Waals surface area contributed by atoms with Crippen LogP contribution in [-0.4, -0.2) is 25.0 Å². The van der Waals surface area contributed by atoms with Gasteiger partial charge in [0, 0.05) is 11.4 Å². The molecule has 28 heavy (non-hydrogen) atoms. The molecule has 1 amide bonds. The molecule has 1 saturated heterocycles. The summed E-state index contributed by atoms with van der Waals surface area (Å²) in [5.41, 5.74) is 1.43. The van der Waals surface area contributed by atoms with E-state index in [0.717, 1.165) is 5.56 Å². The summed E-state index contributed by atoms with van der Waals surface area (Å²) in [5.74, 6) is -0.219. The number of amides is 1. The van der Waals surface area contributed by atoms with Crippen LogP contribution in [-0.2, 0) is 14.8 Å². The Hall–Kier alpha value is -2.80. The van der Waals surface area contributed by atoms with Gasteiger partial charge in [-0.1, -0.05) is 6.07 Å². The molecule has 0 aromatic heterocycles. The molecule has 0 unspecified atom stereocenters. The third-order valence-electron chi connectivity index (χ3n) is 4.65. The fourth-order valence-corrected chi connectivity index (χ4v) is 4.18. The predicted molar refractivity (Wildman–Crippen MR) is 112 cm³/mol. The molecule has 1 fully saturated rings. The summed E-state index contributed by atoms with van der Waals surface area (Å²) >= 11 is 5.59. The zero-order valence-corrected chi connectivity index (χ0v) is 17.1. The van der Waals surface area contributed by atoms with Crippen molar-refractivity contribution in [1.82, 2.24) is 0 Å². The van der Waals surface area contributed by atoms with Crippen LogP contribution in [0, 0.1) is 13.5 Å². The molecule has 7 nitrogen and oxygen atoms in total. The van der Waals surface area contributed by atoms with E-state index in [1.54, 1.807) is 56.0 Å². The lowest BCUT2D eigenvalue weighted by Crippen LogP contribution is -2.44. The van der Waals surface area contributed by atoms with Crippen molar-refractivity contribution >= 4 is 50.3 Å². The summed E-state index contributed by atoms with van der Waals surface area (Å²) in [5, 5.41) is 5.42. The molecular weight excluding hydrogens is 396 g/mol. The molecule has 144 valence electrons. The number of nitrogens with zero attached hydrogens (tertiary/aromatic N) is 3. The average Bonchev–Trinajstić information content (AvgIpc) is 2.79. The third-order valence-corrected chi connectivity index (χ3v) is 5.94. The van der Waals surface area contributed by atoms with E-state index < -0.39 is 15.6 Å². The number of thiocarbonyl (C=S) groups is 1. The summed E-state index contributed by atoms with van der Waals surface area (Å²) in [7, 11) is -3.81. The number of primary sulfonamides is 1. The van der Waals surface area contributed by atoms with Gasteiger partial charge in [-0.2, -0.15) is 0 Å². The van der Waals surface area contributed by atoms with Crippen LogP contribution in [0.15, 0.2) is 47.4 Å². The lowest BCUT2D eigenvalue weighted by Gasteiger charge is -2.29. The highest BCUT2D eigenvalue weighted by Crippen LogP contribution is 2.37. The molecule has 1 aliphatic rings. The summed E-state index contributed by atoms with van der Waals surface area (Å²) in [6.45, 7) is 12.5. The van der Waals surface area contributed by atoms with Gasteiger partial charge in [0.25, 0.3) is 5.91 Å². The van der Waals surface area contributed by atoms with E-state index in [-0.39, 0.29) is 15.9 Å². The van der Waals surface area contributed by atoms with Crippen LogP contribution in [0.2, 0.25) is 0 Å². The van der Waals surface area contributed by atoms with Crippen molar-refractivity contribution in [2.75, 3.05) is 9.80 Å². The van der Waals surface area contributed by atoms with Crippen LogP contribution in [0.4, 0.5) is 17.1 Å². The van der Waals surface area contributed by atoms with Crippen molar-refractivity contribution in [3.8, 4) is 0 Å². The Balaban J connectivity index is 2.05. The van der Waals surface area contributed by atoms with Gasteiger partial charge in [0.15, 0.2) is 10.8 Å². The first-order valence-corrected chi connectivity index (χ1v) is 10.2. The maximum Gasteiger partial charge on any atom is 0.259 e. The Kier molecular flexibility index (Phi) is 4.75. The number of benzene rings is 2. The first-order valence-electron chi connectivity index (χ1n) is 8.28. The monoisotopic (exact) mass is 414 g/mol. The number of hydrogen-bond acceptors (Lipinski definition) is 4. The summed E-state index contributed by atoms with van der Waals surface area (Å²) in [4.78, 5) is 19.7. The molecule has 1 heterocycles. The normalized spacial score (nSPS) is 16.4. The Morgan fingerprint density at radius 2 is 1.68 bits per heavy atom. The predicted octanol–water partition coefficient (Wildman–Crippen LogP) is 3.11. The molecule has 0 saturated carbocycles. The molecular formula is C19H18N4O3S2. The van der Waals surface area contributed by atoms with Crippen LogP contribution in [0.5, 0.6) is 0 Å². The van der Waals surface area contributed by atoms with Crippen LogP contribution in [0.1, 0.15) is 19.4 Å². The van der Waals surface area contributed by atoms with Crippen molar-refractivity contribution < 1.29 is 13.2 Å². The van der Waals surface area contributed by atoms with Crippen molar-refractivity contribution in [2.24, 2.45) is 5.14 Å². The molecule has 0 aliphatic carbocycles. The lowest BCUT2D eigenvalue weighted by atomic mass is 10.0. The lowest BCUT2D eigenvalue weighted by molar-refractivity contribution is -0.120. The van der Waals surface area contributed by atoms with E-state index >= 15 is 0 Å². The molecule has 2 aromatic carbocycles. The zero-order chi connectivity index (χ0) is 20.9. The Morgan fingerprint density at radius 3 is 2.18 bits per heavy atom. The number of carbonyl (C=O) groups is 1. The first kappa shape index (κ1) is 19.9. The number of hydrogen-bond donors (Lipinski definition) is 1. The van der Waals surface area contributed by atoms with E-state index in [4.69, 9.17) is 23.9 Å². The zero-order valence-electron chi connectivity index (χ0n) is 15.5. The quantitative estimate of drug-likeness (QED) is 0.616. The topological polar surface area (TPSA) is 88.1 Å². The van der Waals surface area contributed by atoms with E-state index in [1.165, 1.54) is 17.0 Å². The molecule has 9 heteroatoms. The van der Waals surface area contributed by atoms with Crippen LogP contribution >= 0.6 is 12.2 Å². The van der Waals surface area contributed by atoms with Gasteiger partial charge in [-0.15, -0.1) is 0 Å². The van der Waals surface area contributed by atoms with E-state index in [1.807, 2.05) is 0 Å². The molecule has 2 N–H and O–H groups in total. The van der Waals surface area contributed by atoms with Crippen LogP contribution in [0.3, 0.4) is 0 Å². The van der Waals surface area contributed by atoms with Gasteiger partial charge in [-0.05, 0) is 75.0 Å². The number of carbonyl (C=O) groups excluding carboxylic acids is 1. The fourth-order valence-electron chi connectivity index (χ4n) is 3.15. The van der Waals surface area contributed by atoms with Crippen molar-refractivity contribution in [3.05, 3.63) is 59.4 Å². The smallest absolute Gasteiger partial charge is 0.259 e. The molecule has 3 rings (SSSR count). The Morgan fingerprint density at radius 1 is 1.11 bits per heavy atom. The number of rotatable bonds is 3. The Bertz CT molecular complexity index is 1130. The van der Waals surface area contributed by atoms with Gasteiger partial charge in [0.05, 0.1) is 11.5 Å². The highest BCUT2D eigenvalue weighted by molar-refractivity contribution is 7.89. The molecule has 1 aliphatic heterocycles. The van der Waals surface area contributed by atoms with Gasteiger partial charge in [-0.3, -0.25) is 9.69 Å². The first-order chi connectivity index (χ1) is 13.0. The highest BCUT2D eigenvalue weighted by atomic mass is 32.2. The SMILES string of the molecule is [C-]#[N+]c1ccc(N2C(=O)C(C)(C)N(c3ccc(S(N)(=O)=O)cc3)C2=S)cc1C. The minimum atomic E-state index is -3.81. The second-order valence-electron chi connectivity index (χ2n) is 6.94. The summed E-state index contributed by atoms with van der Waals surface area (Å²) in [6.07, 6.45) is 0.